The Hall–Kier alpha value is -1.07. The molecule has 0 aliphatic carbocycles. The molecule has 1 aromatic carbocycles. The SMILES string of the molecule is O=C(O)c1cc(Br)ccc1OC1CCOCC1. The normalized spacial score (nSPS) is 16.8. The zero-order valence-corrected chi connectivity index (χ0v) is 10.8. The van der Waals surface area contributed by atoms with E-state index in [0.717, 1.165) is 17.3 Å². The maximum atomic E-state index is 11.1. The lowest BCUT2D eigenvalue weighted by molar-refractivity contribution is 0.0248. The van der Waals surface area contributed by atoms with Crippen LogP contribution in [0.4, 0.5) is 0 Å². The summed E-state index contributed by atoms with van der Waals surface area (Å²) in [5.41, 5.74) is 0.186. The molecule has 0 saturated carbocycles. The summed E-state index contributed by atoms with van der Waals surface area (Å²) in [6.07, 6.45) is 1.65. The summed E-state index contributed by atoms with van der Waals surface area (Å²) in [6, 6.07) is 5.01. The van der Waals surface area contributed by atoms with E-state index in [1.165, 1.54) is 0 Å². The smallest absolute Gasteiger partial charge is 0.339 e. The van der Waals surface area contributed by atoms with E-state index < -0.39 is 5.97 Å². The molecular weight excluding hydrogens is 288 g/mol. The van der Waals surface area contributed by atoms with Crippen molar-refractivity contribution in [2.24, 2.45) is 0 Å². The Labute approximate surface area is 108 Å². The van der Waals surface area contributed by atoms with E-state index in [2.05, 4.69) is 15.9 Å². The van der Waals surface area contributed by atoms with Crippen LogP contribution >= 0.6 is 15.9 Å². The van der Waals surface area contributed by atoms with E-state index in [9.17, 15) is 4.79 Å². The second-order valence-electron chi connectivity index (χ2n) is 3.88. The van der Waals surface area contributed by atoms with Crippen LogP contribution in [0.2, 0.25) is 0 Å². The summed E-state index contributed by atoms with van der Waals surface area (Å²) in [5, 5.41) is 9.09. The predicted molar refractivity (Wildman–Crippen MR) is 65.6 cm³/mol. The molecule has 0 aromatic heterocycles. The Balaban J connectivity index is 2.16. The van der Waals surface area contributed by atoms with Crippen molar-refractivity contribution < 1.29 is 19.4 Å². The van der Waals surface area contributed by atoms with Gasteiger partial charge < -0.3 is 14.6 Å². The molecule has 0 spiro atoms. The molecule has 17 heavy (non-hydrogen) atoms. The van der Waals surface area contributed by atoms with Crippen LogP contribution in [0, 0.1) is 0 Å². The highest BCUT2D eigenvalue weighted by Crippen LogP contribution is 2.26. The second kappa shape index (κ2) is 5.51. The molecule has 1 aromatic rings. The molecule has 0 amide bonds. The average Bonchev–Trinajstić information content (AvgIpc) is 2.32. The number of halogens is 1. The van der Waals surface area contributed by atoms with Gasteiger partial charge in [0.25, 0.3) is 0 Å². The first-order valence-electron chi connectivity index (χ1n) is 5.44. The molecule has 1 saturated heterocycles. The van der Waals surface area contributed by atoms with Crippen LogP contribution in [0.5, 0.6) is 5.75 Å². The minimum atomic E-state index is -0.978. The van der Waals surface area contributed by atoms with Gasteiger partial charge >= 0.3 is 5.97 Å². The summed E-state index contributed by atoms with van der Waals surface area (Å²) in [4.78, 5) is 11.1. The molecule has 1 fully saturated rings. The van der Waals surface area contributed by atoms with Crippen LogP contribution in [0.15, 0.2) is 22.7 Å². The zero-order valence-electron chi connectivity index (χ0n) is 9.19. The number of hydrogen-bond acceptors (Lipinski definition) is 3. The highest BCUT2D eigenvalue weighted by molar-refractivity contribution is 9.10. The van der Waals surface area contributed by atoms with Gasteiger partial charge in [-0.15, -0.1) is 0 Å². The second-order valence-corrected chi connectivity index (χ2v) is 4.79. The van der Waals surface area contributed by atoms with E-state index >= 15 is 0 Å². The number of hydrogen-bond donors (Lipinski definition) is 1. The summed E-state index contributed by atoms with van der Waals surface area (Å²) in [6.45, 7) is 1.34. The van der Waals surface area contributed by atoms with E-state index in [4.69, 9.17) is 14.6 Å². The number of ether oxygens (including phenoxy) is 2. The first-order valence-corrected chi connectivity index (χ1v) is 6.23. The first kappa shape index (κ1) is 12.4. The summed E-state index contributed by atoms with van der Waals surface area (Å²) in [7, 11) is 0. The van der Waals surface area contributed by atoms with Gasteiger partial charge in [0.05, 0.1) is 13.2 Å². The van der Waals surface area contributed by atoms with Crippen molar-refractivity contribution in [2.45, 2.75) is 18.9 Å². The number of carbonyl (C=O) groups is 1. The van der Waals surface area contributed by atoms with Gasteiger partial charge in [0.1, 0.15) is 17.4 Å². The van der Waals surface area contributed by atoms with Crippen molar-refractivity contribution in [3.63, 3.8) is 0 Å². The van der Waals surface area contributed by atoms with Gasteiger partial charge in [0, 0.05) is 17.3 Å². The molecular formula is C12H13BrO4. The van der Waals surface area contributed by atoms with Gasteiger partial charge in [-0.25, -0.2) is 4.79 Å². The van der Waals surface area contributed by atoms with Gasteiger partial charge in [-0.05, 0) is 18.2 Å². The van der Waals surface area contributed by atoms with Gasteiger partial charge in [-0.3, -0.25) is 0 Å². The van der Waals surface area contributed by atoms with E-state index in [1.54, 1.807) is 18.2 Å². The Kier molecular flexibility index (Phi) is 4.02. The van der Waals surface area contributed by atoms with Crippen molar-refractivity contribution >= 4 is 21.9 Å². The molecule has 1 heterocycles. The van der Waals surface area contributed by atoms with E-state index in [-0.39, 0.29) is 11.7 Å². The lowest BCUT2D eigenvalue weighted by atomic mass is 10.1. The van der Waals surface area contributed by atoms with Gasteiger partial charge in [-0.1, -0.05) is 15.9 Å². The van der Waals surface area contributed by atoms with Crippen LogP contribution in [0.3, 0.4) is 0 Å². The maximum Gasteiger partial charge on any atom is 0.339 e. The van der Waals surface area contributed by atoms with Gasteiger partial charge in [0.15, 0.2) is 0 Å². The Morgan fingerprint density at radius 1 is 1.41 bits per heavy atom. The molecule has 1 aliphatic heterocycles. The van der Waals surface area contributed by atoms with Crippen LogP contribution < -0.4 is 4.74 Å². The van der Waals surface area contributed by atoms with Crippen molar-refractivity contribution in [1.29, 1.82) is 0 Å². The fraction of sp³-hybridized carbons (Fsp3) is 0.417. The standard InChI is InChI=1S/C12H13BrO4/c13-8-1-2-11(10(7-8)12(14)15)17-9-3-5-16-6-4-9/h1-2,7,9H,3-6H2,(H,14,15). The number of aromatic carboxylic acids is 1. The van der Waals surface area contributed by atoms with Crippen LogP contribution in [-0.4, -0.2) is 30.4 Å². The van der Waals surface area contributed by atoms with Crippen LogP contribution in [-0.2, 0) is 4.74 Å². The van der Waals surface area contributed by atoms with Crippen LogP contribution in [0.1, 0.15) is 23.2 Å². The first-order chi connectivity index (χ1) is 8.16. The molecule has 0 radical (unpaired) electrons. The Morgan fingerprint density at radius 2 is 2.12 bits per heavy atom. The molecule has 92 valence electrons. The van der Waals surface area contributed by atoms with Crippen molar-refractivity contribution in [3.8, 4) is 5.75 Å². The summed E-state index contributed by atoms with van der Waals surface area (Å²) >= 11 is 3.25. The predicted octanol–water partition coefficient (Wildman–Crippen LogP) is 2.71. The fourth-order valence-corrected chi connectivity index (χ4v) is 2.11. The minimum absolute atomic E-state index is 0.0445. The van der Waals surface area contributed by atoms with Crippen molar-refractivity contribution in [1.82, 2.24) is 0 Å². The molecule has 2 rings (SSSR count). The quantitative estimate of drug-likeness (QED) is 0.932. The summed E-state index contributed by atoms with van der Waals surface area (Å²) in [5.74, 6) is -0.555. The third-order valence-corrected chi connectivity index (χ3v) is 3.13. The topological polar surface area (TPSA) is 55.8 Å². The monoisotopic (exact) mass is 300 g/mol. The number of carboxylic acids is 1. The van der Waals surface area contributed by atoms with E-state index in [0.29, 0.717) is 19.0 Å². The number of benzene rings is 1. The highest BCUT2D eigenvalue weighted by Gasteiger charge is 2.19. The molecule has 5 heteroatoms. The van der Waals surface area contributed by atoms with E-state index in [1.807, 2.05) is 0 Å². The molecule has 4 nitrogen and oxygen atoms in total. The molecule has 0 atom stereocenters. The van der Waals surface area contributed by atoms with Gasteiger partial charge in [0.2, 0.25) is 0 Å². The third kappa shape index (κ3) is 3.20. The molecule has 0 unspecified atom stereocenters. The third-order valence-electron chi connectivity index (χ3n) is 2.63. The number of rotatable bonds is 3. The maximum absolute atomic E-state index is 11.1. The fourth-order valence-electron chi connectivity index (χ4n) is 1.75. The average molecular weight is 301 g/mol. The van der Waals surface area contributed by atoms with Crippen molar-refractivity contribution in [2.75, 3.05) is 13.2 Å². The van der Waals surface area contributed by atoms with Crippen LogP contribution in [0.25, 0.3) is 0 Å². The van der Waals surface area contributed by atoms with Crippen molar-refractivity contribution in [3.05, 3.63) is 28.2 Å². The van der Waals surface area contributed by atoms with Gasteiger partial charge in [-0.2, -0.15) is 0 Å². The minimum Gasteiger partial charge on any atom is -0.489 e. The largest absolute Gasteiger partial charge is 0.489 e. The lowest BCUT2D eigenvalue weighted by Gasteiger charge is -2.24. The Bertz CT molecular complexity index is 413. The molecule has 0 bridgehead atoms. The number of carboxylic acid groups (broad SMARTS) is 1. The molecule has 1 N–H and O–H groups in total. The highest BCUT2D eigenvalue weighted by atomic mass is 79.9. The summed E-state index contributed by atoms with van der Waals surface area (Å²) < 4.78 is 11.7. The Morgan fingerprint density at radius 3 is 2.76 bits per heavy atom. The lowest BCUT2D eigenvalue weighted by Crippen LogP contribution is -2.26. The zero-order chi connectivity index (χ0) is 12.3. The molecule has 1 aliphatic rings.